The Balaban J connectivity index is 0. The van der Waals surface area contributed by atoms with E-state index in [-0.39, 0.29) is 12.1 Å². The van der Waals surface area contributed by atoms with Crippen molar-refractivity contribution in [3.05, 3.63) is 0 Å². The van der Waals surface area contributed by atoms with E-state index >= 15 is 0 Å². The molecule has 0 heterocycles. The fourth-order valence-corrected chi connectivity index (χ4v) is 1.68. The van der Waals surface area contributed by atoms with Crippen molar-refractivity contribution in [1.82, 2.24) is 0 Å². The lowest BCUT2D eigenvalue weighted by atomic mass is 10.0. The van der Waals surface area contributed by atoms with Crippen LogP contribution in [0.25, 0.3) is 0 Å². The number of unbranched alkanes of at least 4 members (excludes halogenated alkanes) is 4. The minimum Gasteiger partial charge on any atom is -0.412 e. The highest BCUT2D eigenvalue weighted by molar-refractivity contribution is 7.80. The summed E-state index contributed by atoms with van der Waals surface area (Å²) < 4.78 is 32.8. The van der Waals surface area contributed by atoms with Crippen molar-refractivity contribution in [3.63, 3.8) is 0 Å². The summed E-state index contributed by atoms with van der Waals surface area (Å²) in [4.78, 5) is 0. The van der Waals surface area contributed by atoms with Gasteiger partial charge in [0.05, 0.1) is 6.61 Å². The van der Waals surface area contributed by atoms with Gasteiger partial charge >= 0.3 is 10.4 Å². The van der Waals surface area contributed by atoms with Crippen molar-refractivity contribution in [2.24, 2.45) is 5.92 Å². The maximum atomic E-state index is 10.2. The summed E-state index contributed by atoms with van der Waals surface area (Å²) in [6.45, 7) is 4.50. The molecule has 0 aliphatic carbocycles. The molecule has 0 saturated heterocycles. The van der Waals surface area contributed by atoms with Crippen molar-refractivity contribution >= 4 is 10.4 Å². The zero-order valence-corrected chi connectivity index (χ0v) is 10.9. The van der Waals surface area contributed by atoms with Gasteiger partial charge in [-0.25, -0.2) is 4.18 Å². The van der Waals surface area contributed by atoms with Crippen LogP contribution in [0.15, 0.2) is 0 Å². The molecule has 0 saturated carbocycles. The van der Waals surface area contributed by atoms with Crippen molar-refractivity contribution < 1.29 is 22.6 Å². The molecule has 16 heavy (non-hydrogen) atoms. The second-order valence-corrected chi connectivity index (χ2v) is 5.29. The third-order valence-electron chi connectivity index (χ3n) is 2.16. The van der Waals surface area contributed by atoms with E-state index in [1.165, 1.54) is 19.3 Å². The molecule has 3 N–H and O–H groups in total. The Hall–Kier alpha value is -0.170. The Morgan fingerprint density at radius 1 is 1.06 bits per heavy atom. The van der Waals surface area contributed by atoms with Gasteiger partial charge in [-0.2, -0.15) is 8.42 Å². The standard InChI is InChI=1S/C10H22O4S.H2O/c1-10(2)8-6-4-3-5-7-9-14-15(11,12)13;/h10H,3-9H2,1-2H3,(H,11,12,13);1H2. The number of rotatable bonds is 9. The quantitative estimate of drug-likeness (QED) is 0.504. The molecule has 100 valence electrons. The van der Waals surface area contributed by atoms with E-state index in [2.05, 4.69) is 18.0 Å². The van der Waals surface area contributed by atoms with Gasteiger partial charge in [-0.3, -0.25) is 4.55 Å². The van der Waals surface area contributed by atoms with Gasteiger partial charge in [-0.05, 0) is 12.3 Å². The molecule has 5 nitrogen and oxygen atoms in total. The Morgan fingerprint density at radius 2 is 1.56 bits per heavy atom. The highest BCUT2D eigenvalue weighted by atomic mass is 32.3. The van der Waals surface area contributed by atoms with E-state index in [0.717, 1.165) is 18.8 Å². The molecule has 0 unspecified atom stereocenters. The Morgan fingerprint density at radius 3 is 2.06 bits per heavy atom. The average Bonchev–Trinajstić information content (AvgIpc) is 2.07. The number of hydrogen-bond acceptors (Lipinski definition) is 3. The van der Waals surface area contributed by atoms with Gasteiger partial charge in [0.2, 0.25) is 0 Å². The first-order chi connectivity index (χ1) is 6.92. The Bertz CT molecular complexity index is 236. The van der Waals surface area contributed by atoms with Crippen molar-refractivity contribution in [3.8, 4) is 0 Å². The fourth-order valence-electron chi connectivity index (χ4n) is 1.35. The molecular formula is C10H24O5S. The van der Waals surface area contributed by atoms with Crippen LogP contribution in [0.2, 0.25) is 0 Å². The molecule has 0 aliphatic rings. The van der Waals surface area contributed by atoms with E-state index in [1.54, 1.807) is 0 Å². The van der Waals surface area contributed by atoms with Crippen LogP contribution in [0, 0.1) is 5.92 Å². The van der Waals surface area contributed by atoms with Crippen LogP contribution in [0.1, 0.15) is 52.4 Å². The zero-order valence-electron chi connectivity index (χ0n) is 10.1. The van der Waals surface area contributed by atoms with Gasteiger partial charge in [-0.1, -0.05) is 46.0 Å². The largest absolute Gasteiger partial charge is 0.412 e. The Kier molecular flexibility index (Phi) is 11.4. The van der Waals surface area contributed by atoms with Gasteiger partial charge in [0, 0.05) is 0 Å². The van der Waals surface area contributed by atoms with Gasteiger partial charge < -0.3 is 5.48 Å². The molecular weight excluding hydrogens is 232 g/mol. The molecule has 0 spiro atoms. The summed E-state index contributed by atoms with van der Waals surface area (Å²) in [5.41, 5.74) is 0. The maximum Gasteiger partial charge on any atom is 0.397 e. The summed E-state index contributed by atoms with van der Waals surface area (Å²) in [7, 11) is -4.23. The highest BCUT2D eigenvalue weighted by Crippen LogP contribution is 2.10. The van der Waals surface area contributed by atoms with Gasteiger partial charge in [-0.15, -0.1) is 0 Å². The first kappa shape index (κ1) is 18.2. The van der Waals surface area contributed by atoms with Crippen LogP contribution < -0.4 is 0 Å². The van der Waals surface area contributed by atoms with Crippen molar-refractivity contribution in [1.29, 1.82) is 0 Å². The van der Waals surface area contributed by atoms with E-state index in [9.17, 15) is 8.42 Å². The molecule has 0 rings (SSSR count). The molecule has 0 aromatic carbocycles. The minimum absolute atomic E-state index is 0. The Labute approximate surface area is 98.5 Å². The molecule has 0 atom stereocenters. The van der Waals surface area contributed by atoms with E-state index in [0.29, 0.717) is 6.42 Å². The first-order valence-corrected chi connectivity index (χ1v) is 6.90. The van der Waals surface area contributed by atoms with Crippen LogP contribution in [0.4, 0.5) is 0 Å². The molecule has 0 aliphatic heterocycles. The second-order valence-electron chi connectivity index (χ2n) is 4.20. The van der Waals surface area contributed by atoms with Crippen molar-refractivity contribution in [2.75, 3.05) is 6.61 Å². The fraction of sp³-hybridized carbons (Fsp3) is 1.00. The van der Waals surface area contributed by atoms with Crippen LogP contribution in [-0.2, 0) is 14.6 Å². The molecule has 0 radical (unpaired) electrons. The van der Waals surface area contributed by atoms with Gasteiger partial charge in [0.1, 0.15) is 0 Å². The number of hydrogen-bond donors (Lipinski definition) is 1. The summed E-state index contributed by atoms with van der Waals surface area (Å²) in [5.74, 6) is 0.757. The molecule has 0 bridgehead atoms. The van der Waals surface area contributed by atoms with Crippen LogP contribution in [0.5, 0.6) is 0 Å². The second kappa shape index (κ2) is 10.0. The van der Waals surface area contributed by atoms with Crippen LogP contribution in [0.3, 0.4) is 0 Å². The lowest BCUT2D eigenvalue weighted by Gasteiger charge is -2.04. The predicted molar refractivity (Wildman–Crippen MR) is 63.7 cm³/mol. The molecule has 0 aromatic rings. The smallest absolute Gasteiger partial charge is 0.397 e. The lowest BCUT2D eigenvalue weighted by Crippen LogP contribution is -2.04. The maximum absolute atomic E-state index is 10.2. The molecule has 0 aromatic heterocycles. The third kappa shape index (κ3) is 16.3. The normalized spacial score (nSPS) is 11.5. The summed E-state index contributed by atoms with van der Waals surface area (Å²) in [5, 5.41) is 0. The molecule has 6 heteroatoms. The summed E-state index contributed by atoms with van der Waals surface area (Å²) >= 11 is 0. The van der Waals surface area contributed by atoms with E-state index < -0.39 is 10.4 Å². The lowest BCUT2D eigenvalue weighted by molar-refractivity contribution is 0.261. The topological polar surface area (TPSA) is 95.1 Å². The third-order valence-corrected chi connectivity index (χ3v) is 2.62. The van der Waals surface area contributed by atoms with Crippen LogP contribution >= 0.6 is 0 Å². The summed E-state index contributed by atoms with van der Waals surface area (Å²) in [6, 6.07) is 0. The van der Waals surface area contributed by atoms with E-state index in [1.807, 2.05) is 0 Å². The average molecular weight is 256 g/mol. The van der Waals surface area contributed by atoms with E-state index in [4.69, 9.17) is 4.55 Å². The minimum atomic E-state index is -4.23. The SMILES string of the molecule is CC(C)CCCCCCCOS(=O)(=O)O.O. The molecule has 0 fully saturated rings. The summed E-state index contributed by atoms with van der Waals surface area (Å²) in [6.07, 6.45) is 6.40. The zero-order chi connectivity index (χ0) is 11.7. The first-order valence-electron chi connectivity index (χ1n) is 5.53. The molecule has 0 amide bonds. The van der Waals surface area contributed by atoms with Gasteiger partial charge in [0.15, 0.2) is 0 Å². The predicted octanol–water partition coefficient (Wildman–Crippen LogP) is 1.98. The van der Waals surface area contributed by atoms with Crippen LogP contribution in [-0.4, -0.2) is 25.1 Å². The van der Waals surface area contributed by atoms with Gasteiger partial charge in [0.25, 0.3) is 0 Å². The monoisotopic (exact) mass is 256 g/mol. The highest BCUT2D eigenvalue weighted by Gasteiger charge is 2.02. The van der Waals surface area contributed by atoms with Crippen molar-refractivity contribution in [2.45, 2.75) is 52.4 Å².